The fourth-order valence-electron chi connectivity index (χ4n) is 2.86. The fraction of sp³-hybridized carbons (Fsp3) is 0.143. The first-order valence-corrected chi connectivity index (χ1v) is 10.3. The van der Waals surface area contributed by atoms with Crippen molar-refractivity contribution in [3.8, 4) is 11.8 Å². The van der Waals surface area contributed by atoms with Gasteiger partial charge in [-0.1, -0.05) is 36.1 Å². The first-order valence-electron chi connectivity index (χ1n) is 8.49. The van der Waals surface area contributed by atoms with E-state index in [0.29, 0.717) is 11.4 Å². The molecule has 0 aliphatic carbocycles. The van der Waals surface area contributed by atoms with Gasteiger partial charge in [-0.3, -0.25) is 14.9 Å². The molecule has 1 N–H and O–H groups in total. The normalized spacial score (nSPS) is 17.3. The van der Waals surface area contributed by atoms with Gasteiger partial charge in [-0.2, -0.15) is 0 Å². The predicted molar refractivity (Wildman–Crippen MR) is 112 cm³/mol. The van der Waals surface area contributed by atoms with Gasteiger partial charge in [0.15, 0.2) is 0 Å². The molecule has 2 aliphatic heterocycles. The second-order valence-electron chi connectivity index (χ2n) is 6.01. The summed E-state index contributed by atoms with van der Waals surface area (Å²) in [5.41, 5.74) is 3.05. The topological polar surface area (TPSA) is 49.4 Å². The number of amides is 2. The van der Waals surface area contributed by atoms with E-state index in [4.69, 9.17) is 0 Å². The quantitative estimate of drug-likeness (QED) is 0.619. The molecule has 4 rings (SSSR count). The van der Waals surface area contributed by atoms with Gasteiger partial charge in [-0.25, -0.2) is 0 Å². The number of hydrogen-bond donors (Lipinski definition) is 1. The molecule has 2 amide bonds. The first kappa shape index (κ1) is 17.8. The molecule has 2 aromatic carbocycles. The summed E-state index contributed by atoms with van der Waals surface area (Å²) in [5.74, 6) is 7.20. The Bertz CT molecular complexity index is 987. The number of nitrogens with one attached hydrogen (secondary N) is 1. The lowest BCUT2D eigenvalue weighted by Crippen LogP contribution is -2.29. The Morgan fingerprint density at radius 2 is 1.93 bits per heavy atom. The zero-order valence-electron chi connectivity index (χ0n) is 14.4. The minimum atomic E-state index is -0.339. The number of carbonyl (C=O) groups is 2. The number of carbonyl (C=O) groups excluding carboxylic acids is 2. The van der Waals surface area contributed by atoms with Crippen molar-refractivity contribution in [3.05, 3.63) is 64.6 Å². The smallest absolute Gasteiger partial charge is 0.290 e. The summed E-state index contributed by atoms with van der Waals surface area (Å²) in [6.07, 6.45) is 1.71. The minimum absolute atomic E-state index is 0.327. The van der Waals surface area contributed by atoms with Crippen LogP contribution >= 0.6 is 23.5 Å². The molecular weight excluding hydrogens is 376 g/mol. The summed E-state index contributed by atoms with van der Waals surface area (Å²) in [7, 11) is 0. The van der Waals surface area contributed by atoms with E-state index in [2.05, 4.69) is 46.3 Å². The third-order valence-electron chi connectivity index (χ3n) is 4.18. The van der Waals surface area contributed by atoms with E-state index in [1.807, 2.05) is 36.0 Å². The molecule has 1 fully saturated rings. The van der Waals surface area contributed by atoms with Gasteiger partial charge >= 0.3 is 0 Å². The Kier molecular flexibility index (Phi) is 5.23. The molecule has 0 unspecified atom stereocenters. The molecule has 0 spiro atoms. The van der Waals surface area contributed by atoms with Crippen LogP contribution in [0.25, 0.3) is 6.08 Å². The average Bonchev–Trinajstić information content (AvgIpc) is 3.00. The molecule has 134 valence electrons. The molecule has 0 aromatic heterocycles. The van der Waals surface area contributed by atoms with Crippen molar-refractivity contribution in [3.63, 3.8) is 0 Å². The van der Waals surface area contributed by atoms with E-state index in [0.717, 1.165) is 35.2 Å². The lowest BCUT2D eigenvalue weighted by atomic mass is 10.1. The highest BCUT2D eigenvalue weighted by atomic mass is 32.2. The van der Waals surface area contributed by atoms with Crippen molar-refractivity contribution in [2.24, 2.45) is 0 Å². The number of para-hydroxylation sites is 1. The van der Waals surface area contributed by atoms with E-state index in [1.165, 1.54) is 10.6 Å². The largest absolute Gasteiger partial charge is 0.359 e. The summed E-state index contributed by atoms with van der Waals surface area (Å²) < 4.78 is 0. The van der Waals surface area contributed by atoms with E-state index < -0.39 is 0 Å². The Balaban J connectivity index is 1.42. The van der Waals surface area contributed by atoms with Crippen LogP contribution in [0.2, 0.25) is 0 Å². The number of benzene rings is 2. The molecule has 2 aromatic rings. The van der Waals surface area contributed by atoms with E-state index in [9.17, 15) is 9.59 Å². The zero-order chi connectivity index (χ0) is 18.6. The maximum absolute atomic E-state index is 11.6. The predicted octanol–water partition coefficient (Wildman–Crippen LogP) is 3.97. The monoisotopic (exact) mass is 392 g/mol. The molecule has 0 bridgehead atoms. The van der Waals surface area contributed by atoms with Crippen LogP contribution in [-0.4, -0.2) is 30.0 Å². The van der Waals surface area contributed by atoms with Crippen LogP contribution in [0.5, 0.6) is 0 Å². The van der Waals surface area contributed by atoms with Crippen LogP contribution in [0.3, 0.4) is 0 Å². The van der Waals surface area contributed by atoms with Crippen LogP contribution < -0.4 is 10.2 Å². The van der Waals surface area contributed by atoms with Gasteiger partial charge in [0.2, 0.25) is 0 Å². The zero-order valence-corrected chi connectivity index (χ0v) is 16.0. The molecule has 1 saturated heterocycles. The summed E-state index contributed by atoms with van der Waals surface area (Å²) in [6.45, 7) is 1.70. The molecule has 27 heavy (non-hydrogen) atoms. The van der Waals surface area contributed by atoms with E-state index in [-0.39, 0.29) is 11.1 Å². The number of nitrogens with zero attached hydrogens (tertiary/aromatic N) is 1. The minimum Gasteiger partial charge on any atom is -0.359 e. The number of rotatable bonds is 2. The van der Waals surface area contributed by atoms with Crippen LogP contribution in [-0.2, 0) is 4.79 Å². The SMILES string of the molecule is O=C1NC(=O)C(=Cc2ccc(C#CCN3CCSc4ccccc43)cc2)S1. The van der Waals surface area contributed by atoms with Gasteiger partial charge in [0.25, 0.3) is 11.1 Å². The van der Waals surface area contributed by atoms with Crippen molar-refractivity contribution < 1.29 is 9.59 Å². The lowest BCUT2D eigenvalue weighted by molar-refractivity contribution is -0.115. The Labute approximate surface area is 166 Å². The molecule has 6 heteroatoms. The number of thioether (sulfide) groups is 2. The van der Waals surface area contributed by atoms with Gasteiger partial charge < -0.3 is 4.90 Å². The molecule has 4 nitrogen and oxygen atoms in total. The summed E-state index contributed by atoms with van der Waals surface area (Å²) in [6, 6.07) is 16.1. The van der Waals surface area contributed by atoms with Gasteiger partial charge in [0.1, 0.15) is 0 Å². The number of hydrogen-bond acceptors (Lipinski definition) is 5. The summed E-state index contributed by atoms with van der Waals surface area (Å²) in [4.78, 5) is 26.8. The van der Waals surface area contributed by atoms with Crippen molar-refractivity contribution in [2.75, 3.05) is 23.7 Å². The summed E-state index contributed by atoms with van der Waals surface area (Å²) >= 11 is 2.81. The third-order valence-corrected chi connectivity index (χ3v) is 6.03. The maximum atomic E-state index is 11.6. The van der Waals surface area contributed by atoms with Crippen LogP contribution in [0.4, 0.5) is 10.5 Å². The average molecular weight is 393 g/mol. The van der Waals surface area contributed by atoms with Crippen LogP contribution in [0.15, 0.2) is 58.3 Å². The molecule has 2 heterocycles. The van der Waals surface area contributed by atoms with Crippen molar-refractivity contribution in [1.29, 1.82) is 0 Å². The van der Waals surface area contributed by atoms with Gasteiger partial charge in [0.05, 0.1) is 17.1 Å². The van der Waals surface area contributed by atoms with Crippen molar-refractivity contribution in [2.45, 2.75) is 4.90 Å². The number of anilines is 1. The Hall–Kier alpha value is -2.62. The molecule has 0 radical (unpaired) electrons. The number of fused-ring (bicyclic) bond motifs is 1. The molecule has 0 saturated carbocycles. The molecule has 2 aliphatic rings. The fourth-order valence-corrected chi connectivity index (χ4v) is 4.60. The van der Waals surface area contributed by atoms with Crippen molar-refractivity contribution in [1.82, 2.24) is 5.32 Å². The second kappa shape index (κ2) is 7.95. The second-order valence-corrected chi connectivity index (χ2v) is 8.17. The highest BCUT2D eigenvalue weighted by Crippen LogP contribution is 2.33. The maximum Gasteiger partial charge on any atom is 0.290 e. The third kappa shape index (κ3) is 4.21. The van der Waals surface area contributed by atoms with Crippen LogP contribution in [0, 0.1) is 11.8 Å². The Morgan fingerprint density at radius 3 is 2.70 bits per heavy atom. The van der Waals surface area contributed by atoms with Crippen molar-refractivity contribution >= 4 is 46.4 Å². The standard InChI is InChI=1S/C21H16N2O2S2/c24-20-19(27-21(25)22-20)14-16-9-7-15(8-10-16)4-3-11-23-12-13-26-18-6-2-1-5-17(18)23/h1-2,5-10,14H,11-13H2,(H,22,24,25). The summed E-state index contributed by atoms with van der Waals surface area (Å²) in [5, 5.41) is 1.93. The first-order chi connectivity index (χ1) is 13.2. The van der Waals surface area contributed by atoms with Gasteiger partial charge in [0, 0.05) is 22.8 Å². The molecule has 0 atom stereocenters. The Morgan fingerprint density at radius 1 is 1.11 bits per heavy atom. The van der Waals surface area contributed by atoms with Gasteiger partial charge in [-0.05, 0) is 47.7 Å². The van der Waals surface area contributed by atoms with E-state index in [1.54, 1.807) is 6.08 Å². The van der Waals surface area contributed by atoms with Crippen LogP contribution in [0.1, 0.15) is 11.1 Å². The molecular formula is C21H16N2O2S2. The van der Waals surface area contributed by atoms with Gasteiger partial charge in [-0.15, -0.1) is 11.8 Å². The number of imide groups is 1. The highest BCUT2D eigenvalue weighted by Gasteiger charge is 2.24. The highest BCUT2D eigenvalue weighted by molar-refractivity contribution is 8.18. The van der Waals surface area contributed by atoms with E-state index >= 15 is 0 Å². The lowest BCUT2D eigenvalue weighted by Gasteiger charge is -2.28.